The maximum Gasteiger partial charge on any atom is 0.129 e. The van der Waals surface area contributed by atoms with Gasteiger partial charge in [-0.25, -0.2) is 8.78 Å². The molecule has 0 radical (unpaired) electrons. The Morgan fingerprint density at radius 3 is 2.19 bits per heavy atom. The van der Waals surface area contributed by atoms with Crippen LogP contribution in [0.15, 0.2) is 95.3 Å². The van der Waals surface area contributed by atoms with Gasteiger partial charge in [0, 0.05) is 73.4 Å². The van der Waals surface area contributed by atoms with Gasteiger partial charge in [-0.1, -0.05) is 55.2 Å². The molecule has 2 fully saturated rings. The van der Waals surface area contributed by atoms with E-state index in [2.05, 4.69) is 76.3 Å². The molecule has 5 heteroatoms. The molecule has 3 aliphatic rings. The fraction of sp³-hybridized carbons (Fsp3) is 0.553. The third-order valence-electron chi connectivity index (χ3n) is 10.4. The van der Waals surface area contributed by atoms with E-state index >= 15 is 4.39 Å². The van der Waals surface area contributed by atoms with Crippen molar-refractivity contribution >= 4 is 5.71 Å². The van der Waals surface area contributed by atoms with E-state index in [1.807, 2.05) is 19.9 Å². The largest absolute Gasteiger partial charge is 0.375 e. The summed E-state index contributed by atoms with van der Waals surface area (Å²) in [5, 5.41) is 8.97. The molecule has 3 atom stereocenters. The Morgan fingerprint density at radius 1 is 1.05 bits per heavy atom. The normalized spacial score (nSPS) is 25.8. The summed E-state index contributed by atoms with van der Waals surface area (Å²) in [5.41, 5.74) is 7.07. The maximum absolute atomic E-state index is 15.2. The Labute approximate surface area is 260 Å². The fourth-order valence-corrected chi connectivity index (χ4v) is 7.04. The van der Waals surface area contributed by atoms with E-state index in [4.69, 9.17) is 5.41 Å². The topological polar surface area (TPSA) is 30.3 Å². The predicted octanol–water partition coefficient (Wildman–Crippen LogP) is 10.1. The number of nitrogens with one attached hydrogen (secondary N) is 1. The van der Waals surface area contributed by atoms with Crippen molar-refractivity contribution in [1.82, 2.24) is 9.80 Å². The van der Waals surface area contributed by atoms with Gasteiger partial charge in [-0.2, -0.15) is 0 Å². The first-order valence-corrected chi connectivity index (χ1v) is 15.9. The van der Waals surface area contributed by atoms with Gasteiger partial charge in [0.2, 0.25) is 0 Å². The average Bonchev–Trinajstić information content (AvgIpc) is 3.52. The van der Waals surface area contributed by atoms with Crippen molar-refractivity contribution in [3.8, 4) is 0 Å². The lowest BCUT2D eigenvalue weighted by molar-refractivity contribution is 0.138. The summed E-state index contributed by atoms with van der Waals surface area (Å²) in [7, 11) is 0. The van der Waals surface area contributed by atoms with Crippen LogP contribution >= 0.6 is 0 Å². The lowest BCUT2D eigenvalue weighted by atomic mass is 9.72. The van der Waals surface area contributed by atoms with Crippen LogP contribution in [0.1, 0.15) is 81.1 Å². The van der Waals surface area contributed by atoms with E-state index in [0.29, 0.717) is 18.5 Å². The number of hydrogen-bond donors (Lipinski definition) is 1. The maximum atomic E-state index is 15.2. The number of piperidine rings is 1. The average molecular weight is 592 g/mol. The summed E-state index contributed by atoms with van der Waals surface area (Å²) in [6, 6.07) is 0. The number of nitrogens with zero attached hydrogens (tertiary/aromatic N) is 2. The quantitative estimate of drug-likeness (QED) is 0.156. The lowest BCUT2D eigenvalue weighted by Crippen LogP contribution is -2.42. The highest BCUT2D eigenvalue weighted by molar-refractivity contribution is 5.89. The van der Waals surface area contributed by atoms with E-state index < -0.39 is 11.7 Å². The number of likely N-dealkylation sites (tertiary alicyclic amines) is 2. The van der Waals surface area contributed by atoms with Gasteiger partial charge in [0.05, 0.1) is 0 Å². The fourth-order valence-electron chi connectivity index (χ4n) is 7.04. The van der Waals surface area contributed by atoms with Gasteiger partial charge in [-0.15, -0.1) is 0 Å². The van der Waals surface area contributed by atoms with E-state index in [1.165, 1.54) is 22.8 Å². The standard InChI is InChI=1S/C38H55F2N3/c1-12-14-15-36(41)32-22-38(28(7)31(32)20-26(5)25(3)4)16-18-42(19-17-38)29(8)34-24-43(37(9,10)11)23-33(34)27(6)35(40)21-30(39)13-2/h12-14,20-21,32-34,41H,3,6,8,15-19,22-24H2,1-2,4-5,7,9-11H3/b14-12+,26-20-,30-13+,35-21+,41-36?/t32?,33-,34-/m0/s1. The first-order chi connectivity index (χ1) is 20.1. The van der Waals surface area contributed by atoms with Crippen LogP contribution in [0.4, 0.5) is 8.78 Å². The van der Waals surface area contributed by atoms with Crippen molar-refractivity contribution in [1.29, 1.82) is 5.41 Å². The van der Waals surface area contributed by atoms with Crippen LogP contribution < -0.4 is 0 Å². The van der Waals surface area contributed by atoms with Crippen LogP contribution in [0.5, 0.6) is 0 Å². The second-order valence-corrected chi connectivity index (χ2v) is 14.0. The molecule has 0 aromatic heterocycles. The van der Waals surface area contributed by atoms with E-state index in [-0.39, 0.29) is 28.7 Å². The molecule has 2 heterocycles. The van der Waals surface area contributed by atoms with Crippen molar-refractivity contribution in [3.63, 3.8) is 0 Å². The van der Waals surface area contributed by atoms with Crippen LogP contribution in [0.25, 0.3) is 0 Å². The molecule has 1 aliphatic carbocycles. The zero-order chi connectivity index (χ0) is 32.3. The molecule has 2 saturated heterocycles. The molecule has 0 aromatic carbocycles. The Morgan fingerprint density at radius 2 is 1.65 bits per heavy atom. The minimum Gasteiger partial charge on any atom is -0.375 e. The van der Waals surface area contributed by atoms with Gasteiger partial charge in [0.1, 0.15) is 11.7 Å². The number of allylic oxidation sites excluding steroid dienone is 11. The predicted molar refractivity (Wildman–Crippen MR) is 180 cm³/mol. The van der Waals surface area contributed by atoms with Crippen molar-refractivity contribution < 1.29 is 8.78 Å². The number of halogens is 2. The monoisotopic (exact) mass is 591 g/mol. The molecule has 43 heavy (non-hydrogen) atoms. The zero-order valence-corrected chi connectivity index (χ0v) is 28.0. The molecule has 0 aromatic rings. The Hall–Kier alpha value is -2.79. The van der Waals surface area contributed by atoms with Gasteiger partial charge in [-0.05, 0) is 96.8 Å². The first kappa shape index (κ1) is 34.7. The van der Waals surface area contributed by atoms with Gasteiger partial charge in [-0.3, -0.25) is 4.90 Å². The second kappa shape index (κ2) is 13.9. The number of rotatable bonds is 10. The highest BCUT2D eigenvalue weighted by Crippen LogP contribution is 2.54. The Balaban J connectivity index is 1.86. The highest BCUT2D eigenvalue weighted by Gasteiger charge is 2.47. The molecule has 2 aliphatic heterocycles. The summed E-state index contributed by atoms with van der Waals surface area (Å²) in [4.78, 5) is 4.77. The van der Waals surface area contributed by atoms with Crippen LogP contribution in [0, 0.1) is 28.6 Å². The third-order valence-corrected chi connectivity index (χ3v) is 10.4. The third kappa shape index (κ3) is 7.66. The van der Waals surface area contributed by atoms with E-state index in [9.17, 15) is 4.39 Å². The summed E-state index contributed by atoms with van der Waals surface area (Å²) in [5.74, 6) is -1.22. The molecule has 0 amide bonds. The summed E-state index contributed by atoms with van der Waals surface area (Å²) < 4.78 is 29.1. The van der Waals surface area contributed by atoms with Gasteiger partial charge >= 0.3 is 0 Å². The highest BCUT2D eigenvalue weighted by atomic mass is 19.1. The first-order valence-electron chi connectivity index (χ1n) is 15.9. The lowest BCUT2D eigenvalue weighted by Gasteiger charge is -2.44. The van der Waals surface area contributed by atoms with Crippen LogP contribution in [-0.4, -0.2) is 47.2 Å². The van der Waals surface area contributed by atoms with Crippen molar-refractivity contribution in [2.75, 3.05) is 26.2 Å². The van der Waals surface area contributed by atoms with Crippen molar-refractivity contribution in [2.24, 2.45) is 23.2 Å². The Kier molecular flexibility index (Phi) is 11.2. The van der Waals surface area contributed by atoms with Gasteiger partial charge in [0.25, 0.3) is 0 Å². The van der Waals surface area contributed by atoms with E-state index in [0.717, 1.165) is 62.0 Å². The Bertz CT molecular complexity index is 1270. The van der Waals surface area contributed by atoms with E-state index in [1.54, 1.807) is 6.92 Å². The molecule has 1 N–H and O–H groups in total. The summed E-state index contributed by atoms with van der Waals surface area (Å²) in [6.07, 6.45) is 12.2. The van der Waals surface area contributed by atoms with Crippen molar-refractivity contribution in [2.45, 2.75) is 86.6 Å². The van der Waals surface area contributed by atoms with Crippen LogP contribution in [0.2, 0.25) is 0 Å². The summed E-state index contributed by atoms with van der Waals surface area (Å²) in [6.45, 7) is 32.6. The molecular weight excluding hydrogens is 536 g/mol. The number of hydrogen-bond acceptors (Lipinski definition) is 3. The molecule has 1 spiro atoms. The van der Waals surface area contributed by atoms with Crippen LogP contribution in [-0.2, 0) is 0 Å². The molecule has 0 bridgehead atoms. The molecule has 0 saturated carbocycles. The van der Waals surface area contributed by atoms with Crippen molar-refractivity contribution in [3.05, 3.63) is 95.3 Å². The molecule has 3 nitrogen and oxygen atoms in total. The summed E-state index contributed by atoms with van der Waals surface area (Å²) >= 11 is 0. The molecule has 3 rings (SSSR count). The smallest absolute Gasteiger partial charge is 0.129 e. The SMILES string of the molecule is C=C(C)/C(C)=C\C1=C(C)C2(CCN(C(=C)[C@@H]3CN(C(C)(C)C)C[C@H]3C(=C)/C(F)=C\C(F)=C/C)CC2)CC1C(=N)C/C=C/C. The second-order valence-electron chi connectivity index (χ2n) is 14.0. The zero-order valence-electron chi connectivity index (χ0n) is 28.0. The van der Waals surface area contributed by atoms with Gasteiger partial charge in [0.15, 0.2) is 0 Å². The molecule has 1 unspecified atom stereocenters. The minimum absolute atomic E-state index is 0.00674. The minimum atomic E-state index is -0.592. The van der Waals surface area contributed by atoms with Crippen LogP contribution in [0.3, 0.4) is 0 Å². The molecular formula is C38H55F2N3. The van der Waals surface area contributed by atoms with Gasteiger partial charge < -0.3 is 10.3 Å². The molecule has 236 valence electrons.